The Hall–Kier alpha value is -0.980. The summed E-state index contributed by atoms with van der Waals surface area (Å²) in [6.07, 6.45) is 0. The van der Waals surface area contributed by atoms with Gasteiger partial charge in [0.1, 0.15) is 4.90 Å². The van der Waals surface area contributed by atoms with Gasteiger partial charge in [0.05, 0.1) is 10.6 Å². The van der Waals surface area contributed by atoms with Crippen LogP contribution >= 0.6 is 22.3 Å². The lowest BCUT2D eigenvalue weighted by atomic mass is 10.1. The number of benzene rings is 1. The van der Waals surface area contributed by atoms with E-state index in [1.54, 1.807) is 0 Å². The average molecular weight is 285 g/mol. The van der Waals surface area contributed by atoms with E-state index in [4.69, 9.17) is 27.4 Å². The fourth-order valence-corrected chi connectivity index (χ4v) is 2.87. The molecule has 1 aromatic rings. The van der Waals surface area contributed by atoms with Crippen molar-refractivity contribution in [1.29, 1.82) is 0 Å². The van der Waals surface area contributed by atoms with Crippen molar-refractivity contribution in [3.8, 4) is 5.75 Å². The third kappa shape index (κ3) is 2.23. The number of hydrogen-bond acceptors (Lipinski definition) is 4. The first-order valence-electron chi connectivity index (χ1n) is 3.86. The summed E-state index contributed by atoms with van der Waals surface area (Å²) in [6.45, 7) is 1.22. The van der Waals surface area contributed by atoms with E-state index < -0.39 is 25.7 Å². The molecule has 0 aromatic heterocycles. The molecule has 0 spiro atoms. The molecule has 0 fully saturated rings. The van der Waals surface area contributed by atoms with Crippen LogP contribution in [-0.4, -0.2) is 24.6 Å². The molecule has 0 aliphatic heterocycles. The number of carboxylic acid groups (broad SMARTS) is 1. The summed E-state index contributed by atoms with van der Waals surface area (Å²) in [5.41, 5.74) is -0.494. The highest BCUT2D eigenvalue weighted by atomic mass is 35.7. The summed E-state index contributed by atoms with van der Waals surface area (Å²) in [7, 11) is 0.810. The molecule has 2 N–H and O–H groups in total. The number of carboxylic acids is 1. The fraction of sp³-hybridized carbons (Fsp3) is 0.125. The van der Waals surface area contributed by atoms with Gasteiger partial charge in [-0.15, -0.1) is 0 Å². The van der Waals surface area contributed by atoms with Crippen LogP contribution in [0.3, 0.4) is 0 Å². The summed E-state index contributed by atoms with van der Waals surface area (Å²) in [6, 6.07) is 0.958. The van der Waals surface area contributed by atoms with Crippen molar-refractivity contribution < 1.29 is 23.4 Å². The second kappa shape index (κ2) is 4.12. The molecular formula is C8H6Cl2O5S. The van der Waals surface area contributed by atoms with Gasteiger partial charge in [-0.2, -0.15) is 0 Å². The average Bonchev–Trinajstić information content (AvgIpc) is 2.08. The molecule has 0 saturated carbocycles. The number of phenolic OH excluding ortho intramolecular Hbond substituents is 1. The number of phenols is 1. The molecule has 16 heavy (non-hydrogen) atoms. The van der Waals surface area contributed by atoms with Gasteiger partial charge in [-0.05, 0) is 18.6 Å². The first kappa shape index (κ1) is 13.1. The van der Waals surface area contributed by atoms with Gasteiger partial charge < -0.3 is 10.2 Å². The van der Waals surface area contributed by atoms with Crippen molar-refractivity contribution in [3.63, 3.8) is 0 Å². The summed E-state index contributed by atoms with van der Waals surface area (Å²) in [4.78, 5) is 10.1. The van der Waals surface area contributed by atoms with Crippen LogP contribution in [0.1, 0.15) is 15.9 Å². The lowest BCUT2D eigenvalue weighted by Crippen LogP contribution is -2.05. The van der Waals surface area contributed by atoms with Crippen molar-refractivity contribution in [2.24, 2.45) is 0 Å². The Balaban J connectivity index is 3.80. The minimum absolute atomic E-state index is 0.163. The van der Waals surface area contributed by atoms with E-state index in [9.17, 15) is 18.3 Å². The van der Waals surface area contributed by atoms with Gasteiger partial charge in [-0.25, -0.2) is 13.2 Å². The minimum atomic E-state index is -4.27. The maximum Gasteiger partial charge on any atom is 0.336 e. The second-order valence-corrected chi connectivity index (χ2v) is 5.86. The molecule has 1 aromatic carbocycles. The number of halogens is 2. The summed E-state index contributed by atoms with van der Waals surface area (Å²) in [5.74, 6) is -2.11. The highest BCUT2D eigenvalue weighted by Gasteiger charge is 2.25. The van der Waals surface area contributed by atoms with Gasteiger partial charge in [0.2, 0.25) is 0 Å². The van der Waals surface area contributed by atoms with Gasteiger partial charge in [0, 0.05) is 10.7 Å². The van der Waals surface area contributed by atoms with E-state index in [1.807, 2.05) is 0 Å². The molecule has 0 aliphatic carbocycles. The SMILES string of the molecule is Cc1c(C(=O)O)cc(Cl)c(O)c1S(=O)(=O)Cl. The summed E-state index contributed by atoms with van der Waals surface area (Å²) < 4.78 is 22.3. The van der Waals surface area contributed by atoms with Crippen LogP contribution in [-0.2, 0) is 9.05 Å². The Bertz CT molecular complexity index is 564. The number of aromatic hydroxyl groups is 1. The Morgan fingerprint density at radius 2 is 1.94 bits per heavy atom. The minimum Gasteiger partial charge on any atom is -0.505 e. The van der Waals surface area contributed by atoms with Crippen LogP contribution in [0.25, 0.3) is 0 Å². The van der Waals surface area contributed by atoms with Crippen molar-refractivity contribution >= 4 is 37.3 Å². The van der Waals surface area contributed by atoms with Crippen LogP contribution in [0.4, 0.5) is 0 Å². The van der Waals surface area contributed by atoms with Gasteiger partial charge in [0.15, 0.2) is 5.75 Å². The van der Waals surface area contributed by atoms with E-state index in [0.717, 1.165) is 6.07 Å². The molecule has 0 amide bonds. The van der Waals surface area contributed by atoms with Crippen LogP contribution in [0.5, 0.6) is 5.75 Å². The predicted octanol–water partition coefficient (Wildman–Crippen LogP) is 1.98. The maximum atomic E-state index is 11.2. The molecule has 0 bridgehead atoms. The van der Waals surface area contributed by atoms with E-state index in [2.05, 4.69) is 0 Å². The Kier molecular flexibility index (Phi) is 3.37. The van der Waals surface area contributed by atoms with E-state index >= 15 is 0 Å². The van der Waals surface area contributed by atoms with Gasteiger partial charge in [-0.1, -0.05) is 11.6 Å². The van der Waals surface area contributed by atoms with Crippen LogP contribution in [0, 0.1) is 6.92 Å². The molecule has 0 unspecified atom stereocenters. The molecule has 8 heteroatoms. The predicted molar refractivity (Wildman–Crippen MR) is 57.9 cm³/mol. The first-order chi connectivity index (χ1) is 7.16. The first-order valence-corrected chi connectivity index (χ1v) is 6.55. The van der Waals surface area contributed by atoms with Crippen LogP contribution in [0.2, 0.25) is 5.02 Å². The zero-order chi connectivity index (χ0) is 12.7. The number of rotatable bonds is 2. The van der Waals surface area contributed by atoms with Crippen LogP contribution < -0.4 is 0 Å². The molecule has 0 saturated heterocycles. The molecule has 5 nitrogen and oxygen atoms in total. The monoisotopic (exact) mass is 284 g/mol. The van der Waals surface area contributed by atoms with Crippen molar-refractivity contribution in [1.82, 2.24) is 0 Å². The molecule has 0 aliphatic rings. The number of hydrogen-bond donors (Lipinski definition) is 2. The van der Waals surface area contributed by atoms with Crippen molar-refractivity contribution in [2.75, 3.05) is 0 Å². The van der Waals surface area contributed by atoms with E-state index in [0.29, 0.717) is 0 Å². The van der Waals surface area contributed by atoms with Crippen LogP contribution in [0.15, 0.2) is 11.0 Å². The lowest BCUT2D eigenvalue weighted by Gasteiger charge is -2.09. The van der Waals surface area contributed by atoms with E-state index in [-0.39, 0.29) is 16.1 Å². The number of aromatic carboxylic acids is 1. The standard InChI is InChI=1S/C8H6Cl2O5S/c1-3-4(8(12)13)2-5(9)6(11)7(3)16(10,14)15/h2,11H,1H3,(H,12,13). The highest BCUT2D eigenvalue weighted by molar-refractivity contribution is 8.13. The molecule has 0 heterocycles. The Labute approximate surface area is 101 Å². The fourth-order valence-electron chi connectivity index (χ4n) is 1.23. The highest BCUT2D eigenvalue weighted by Crippen LogP contribution is 2.37. The molecule has 0 radical (unpaired) electrons. The van der Waals surface area contributed by atoms with Gasteiger partial charge in [-0.3, -0.25) is 0 Å². The molecule has 0 atom stereocenters. The summed E-state index contributed by atoms with van der Waals surface area (Å²) in [5, 5.41) is 17.8. The van der Waals surface area contributed by atoms with E-state index in [1.165, 1.54) is 6.92 Å². The summed E-state index contributed by atoms with van der Waals surface area (Å²) >= 11 is 5.50. The molecule has 1 rings (SSSR count). The van der Waals surface area contributed by atoms with Crippen molar-refractivity contribution in [2.45, 2.75) is 11.8 Å². The quantitative estimate of drug-likeness (QED) is 0.810. The largest absolute Gasteiger partial charge is 0.505 e. The molecular weight excluding hydrogens is 279 g/mol. The topological polar surface area (TPSA) is 91.7 Å². The zero-order valence-electron chi connectivity index (χ0n) is 7.86. The number of carbonyl (C=O) groups is 1. The molecule has 88 valence electrons. The zero-order valence-corrected chi connectivity index (χ0v) is 10.2. The third-order valence-electron chi connectivity index (χ3n) is 1.93. The smallest absolute Gasteiger partial charge is 0.336 e. The normalized spacial score (nSPS) is 11.4. The lowest BCUT2D eigenvalue weighted by molar-refractivity contribution is 0.0696. The third-order valence-corrected chi connectivity index (χ3v) is 3.67. The van der Waals surface area contributed by atoms with Gasteiger partial charge in [0.25, 0.3) is 9.05 Å². The Morgan fingerprint density at radius 1 is 1.44 bits per heavy atom. The van der Waals surface area contributed by atoms with Gasteiger partial charge >= 0.3 is 5.97 Å². The Morgan fingerprint density at radius 3 is 2.31 bits per heavy atom. The van der Waals surface area contributed by atoms with Crippen molar-refractivity contribution in [3.05, 3.63) is 22.2 Å². The second-order valence-electron chi connectivity index (χ2n) is 2.95. The maximum absolute atomic E-state index is 11.2.